The van der Waals surface area contributed by atoms with Crippen LogP contribution < -0.4 is 5.32 Å². The van der Waals surface area contributed by atoms with Crippen LogP contribution in [0.5, 0.6) is 0 Å². The maximum absolute atomic E-state index is 14.6. The van der Waals surface area contributed by atoms with Crippen molar-refractivity contribution in [2.24, 2.45) is 5.92 Å². The van der Waals surface area contributed by atoms with Crippen molar-refractivity contribution < 1.29 is 24.2 Å². The fourth-order valence-corrected chi connectivity index (χ4v) is 8.24. The lowest BCUT2D eigenvalue weighted by molar-refractivity contribution is -0.149. The van der Waals surface area contributed by atoms with Crippen LogP contribution in [0.2, 0.25) is 5.02 Å². The highest BCUT2D eigenvalue weighted by Gasteiger charge is 2.55. The first kappa shape index (κ1) is 33.1. The second kappa shape index (κ2) is 14.2. The van der Waals surface area contributed by atoms with Gasteiger partial charge in [-0.05, 0) is 57.9 Å². The number of carboxylic acid groups (broad SMARTS) is 1. The van der Waals surface area contributed by atoms with Crippen molar-refractivity contribution in [2.75, 3.05) is 19.7 Å². The Morgan fingerprint density at radius 3 is 1.78 bits per heavy atom. The van der Waals surface area contributed by atoms with Crippen molar-refractivity contribution >= 4 is 29.6 Å². The number of carboxylic acids is 1. The highest BCUT2D eigenvalue weighted by atomic mass is 35.5. The minimum Gasteiger partial charge on any atom is -0.481 e. The minimum absolute atomic E-state index is 0.00918. The first-order valence-electron chi connectivity index (χ1n) is 16.9. The van der Waals surface area contributed by atoms with Gasteiger partial charge in [0, 0.05) is 24.0 Å². The Labute approximate surface area is 296 Å². The topological polar surface area (TPSA) is 95.9 Å². The summed E-state index contributed by atoms with van der Waals surface area (Å²) in [6.07, 6.45) is 0.701. The van der Waals surface area contributed by atoms with Crippen LogP contribution in [0.1, 0.15) is 46.6 Å². The van der Waals surface area contributed by atoms with Crippen molar-refractivity contribution in [2.45, 2.75) is 30.2 Å². The highest BCUT2D eigenvalue weighted by Crippen LogP contribution is 2.50. The number of hydrogen-bond acceptors (Lipinski definition) is 4. The molecule has 7 nitrogen and oxygen atoms in total. The summed E-state index contributed by atoms with van der Waals surface area (Å²) in [5.41, 5.74) is 4.46. The smallest absolute Gasteiger partial charge is 0.407 e. The number of nitrogens with one attached hydrogen (secondary N) is 1. The summed E-state index contributed by atoms with van der Waals surface area (Å²) in [5, 5.41) is 14.5. The lowest BCUT2D eigenvalue weighted by atomic mass is 9.59. The van der Waals surface area contributed by atoms with Crippen LogP contribution in [0.15, 0.2) is 133 Å². The molecule has 2 amide bonds. The normalized spacial score (nSPS) is 15.1. The van der Waals surface area contributed by atoms with E-state index < -0.39 is 35.3 Å². The zero-order valence-corrected chi connectivity index (χ0v) is 28.1. The Kier molecular flexibility index (Phi) is 9.42. The SMILES string of the molecule is O=C(NC(C(=O)N1CCCC1)C(C(=O)O)C(c1ccccc1)(c1ccccc1)c1ccccc1Cl)OCC1c2ccccc2-c2ccccc21. The van der Waals surface area contributed by atoms with Gasteiger partial charge in [-0.1, -0.05) is 139 Å². The molecule has 8 heteroatoms. The van der Waals surface area contributed by atoms with E-state index in [0.717, 1.165) is 35.1 Å². The third-order valence-corrected chi connectivity index (χ3v) is 10.5. The molecule has 0 spiro atoms. The molecule has 5 aromatic carbocycles. The van der Waals surface area contributed by atoms with Crippen molar-refractivity contribution in [3.05, 3.63) is 166 Å². The maximum atomic E-state index is 14.6. The minimum atomic E-state index is -1.54. The average Bonchev–Trinajstić information content (AvgIpc) is 3.80. The number of fused-ring (bicyclic) bond motifs is 3. The van der Waals surface area contributed by atoms with Gasteiger partial charge in [0.05, 0.1) is 5.41 Å². The van der Waals surface area contributed by atoms with E-state index in [-0.39, 0.29) is 12.5 Å². The summed E-state index contributed by atoms with van der Waals surface area (Å²) in [7, 11) is 0. The molecule has 252 valence electrons. The van der Waals surface area contributed by atoms with Gasteiger partial charge in [-0.15, -0.1) is 0 Å². The third-order valence-electron chi connectivity index (χ3n) is 10.1. The monoisotopic (exact) mass is 684 g/mol. The first-order valence-corrected chi connectivity index (χ1v) is 17.3. The molecule has 0 bridgehead atoms. The zero-order chi connectivity index (χ0) is 34.7. The second-order valence-corrected chi connectivity index (χ2v) is 13.2. The van der Waals surface area contributed by atoms with Gasteiger partial charge in [0.2, 0.25) is 5.91 Å². The average molecular weight is 685 g/mol. The van der Waals surface area contributed by atoms with E-state index in [0.29, 0.717) is 34.8 Å². The van der Waals surface area contributed by atoms with Gasteiger partial charge in [-0.25, -0.2) is 4.79 Å². The van der Waals surface area contributed by atoms with Gasteiger partial charge in [0.1, 0.15) is 18.6 Å². The van der Waals surface area contributed by atoms with Crippen LogP contribution >= 0.6 is 11.6 Å². The molecule has 1 aliphatic carbocycles. The molecular formula is C42H37ClN2O5. The van der Waals surface area contributed by atoms with Gasteiger partial charge in [-0.3, -0.25) is 9.59 Å². The lowest BCUT2D eigenvalue weighted by Gasteiger charge is -2.44. The van der Waals surface area contributed by atoms with E-state index in [9.17, 15) is 19.5 Å². The van der Waals surface area contributed by atoms with Crippen molar-refractivity contribution in [1.82, 2.24) is 10.2 Å². The van der Waals surface area contributed by atoms with Gasteiger partial charge >= 0.3 is 12.1 Å². The molecule has 0 aromatic heterocycles. The number of carbonyl (C=O) groups is 3. The number of benzene rings is 5. The Balaban J connectivity index is 1.33. The Bertz CT molecular complexity index is 1930. The Morgan fingerprint density at radius 2 is 1.24 bits per heavy atom. The van der Waals surface area contributed by atoms with E-state index in [4.69, 9.17) is 16.3 Å². The van der Waals surface area contributed by atoms with E-state index in [1.54, 1.807) is 29.2 Å². The molecule has 50 heavy (non-hydrogen) atoms. The Hall–Kier alpha value is -5.40. The molecule has 7 rings (SSSR count). The molecule has 0 radical (unpaired) electrons. The zero-order valence-electron chi connectivity index (χ0n) is 27.4. The number of aliphatic carboxylic acids is 1. The van der Waals surface area contributed by atoms with E-state index in [2.05, 4.69) is 17.4 Å². The van der Waals surface area contributed by atoms with Crippen molar-refractivity contribution in [3.8, 4) is 11.1 Å². The predicted molar refractivity (Wildman–Crippen MR) is 193 cm³/mol. The van der Waals surface area contributed by atoms with Crippen LogP contribution in [-0.2, 0) is 19.7 Å². The van der Waals surface area contributed by atoms with Crippen LogP contribution in [0.3, 0.4) is 0 Å². The number of hydrogen-bond donors (Lipinski definition) is 2. The second-order valence-electron chi connectivity index (χ2n) is 12.8. The van der Waals surface area contributed by atoms with Gasteiger partial charge in [0.15, 0.2) is 0 Å². The van der Waals surface area contributed by atoms with Gasteiger partial charge in [0.25, 0.3) is 0 Å². The summed E-state index contributed by atoms with van der Waals surface area (Å²) in [6.45, 7) is 0.933. The molecule has 5 aromatic rings. The molecule has 2 N–H and O–H groups in total. The number of amides is 2. The molecule has 2 aliphatic rings. The van der Waals surface area contributed by atoms with Crippen LogP contribution in [0.25, 0.3) is 11.1 Å². The van der Waals surface area contributed by atoms with E-state index in [1.807, 2.05) is 97.1 Å². The first-order chi connectivity index (χ1) is 24.4. The summed E-state index contributed by atoms with van der Waals surface area (Å²) < 4.78 is 5.93. The van der Waals surface area contributed by atoms with Crippen LogP contribution in [0.4, 0.5) is 4.79 Å². The van der Waals surface area contributed by atoms with Crippen molar-refractivity contribution in [3.63, 3.8) is 0 Å². The summed E-state index contributed by atoms with van der Waals surface area (Å²) in [6, 6.07) is 40.0. The number of ether oxygens (including phenoxy) is 1. The number of likely N-dealkylation sites (tertiary alicyclic amines) is 1. The molecule has 1 heterocycles. The number of carbonyl (C=O) groups excluding carboxylic acids is 2. The molecule has 1 aliphatic heterocycles. The fraction of sp³-hybridized carbons (Fsp3) is 0.214. The summed E-state index contributed by atoms with van der Waals surface area (Å²) >= 11 is 6.98. The predicted octanol–water partition coefficient (Wildman–Crippen LogP) is 7.90. The molecular weight excluding hydrogens is 648 g/mol. The highest BCUT2D eigenvalue weighted by molar-refractivity contribution is 6.31. The molecule has 2 unspecified atom stereocenters. The van der Waals surface area contributed by atoms with Crippen LogP contribution in [0, 0.1) is 5.92 Å². The van der Waals surface area contributed by atoms with Crippen molar-refractivity contribution in [1.29, 1.82) is 0 Å². The standard InChI is InChI=1S/C42H37ClN2O5/c43-36-24-12-11-23-35(36)42(28-15-3-1-4-16-28,29-17-5-2-6-18-29)37(40(47)48)38(39(46)45-25-13-14-26-45)44-41(49)50-27-34-32-21-9-7-19-30(32)31-20-8-10-22-33(31)34/h1-12,15-24,34,37-38H,13-14,25-27H2,(H,44,49)(H,47,48). The molecule has 1 saturated heterocycles. The maximum Gasteiger partial charge on any atom is 0.407 e. The number of rotatable bonds is 10. The lowest BCUT2D eigenvalue weighted by Crippen LogP contribution is -2.60. The van der Waals surface area contributed by atoms with Gasteiger partial charge < -0.3 is 20.1 Å². The fourth-order valence-electron chi connectivity index (χ4n) is 7.95. The summed E-state index contributed by atoms with van der Waals surface area (Å²) in [4.78, 5) is 44.2. The molecule has 2 atom stereocenters. The van der Waals surface area contributed by atoms with E-state index >= 15 is 0 Å². The molecule has 0 saturated carbocycles. The van der Waals surface area contributed by atoms with Crippen LogP contribution in [-0.4, -0.2) is 53.7 Å². The third kappa shape index (κ3) is 5.92. The quantitative estimate of drug-likeness (QED) is 0.146. The number of alkyl carbamates (subject to hydrolysis) is 1. The van der Waals surface area contributed by atoms with E-state index in [1.165, 1.54) is 0 Å². The van der Waals surface area contributed by atoms with Gasteiger partial charge in [-0.2, -0.15) is 0 Å². The largest absolute Gasteiger partial charge is 0.481 e. The molecule has 1 fully saturated rings. The number of halogens is 1. The number of nitrogens with zero attached hydrogens (tertiary/aromatic N) is 1. The summed E-state index contributed by atoms with van der Waals surface area (Å²) in [5.74, 6) is -3.51. The Morgan fingerprint density at radius 1 is 0.740 bits per heavy atom.